The molecular weight excluding hydrogens is 1010 g/mol. The lowest BCUT2D eigenvalue weighted by atomic mass is 9.97. The number of oxime groups is 1. The number of rotatable bonds is 17. The van der Waals surface area contributed by atoms with E-state index in [-0.39, 0.29) is 81.7 Å². The van der Waals surface area contributed by atoms with Crippen LogP contribution in [0, 0.1) is 0 Å². The fraction of sp³-hybridized carbons (Fsp3) is 0.515. The summed E-state index contributed by atoms with van der Waals surface area (Å²) in [6.07, 6.45) is 1.51. The van der Waals surface area contributed by atoms with Gasteiger partial charge in [-0.3, -0.25) is 42.7 Å². The first-order valence-corrected chi connectivity index (χ1v) is 24.3. The van der Waals surface area contributed by atoms with Crippen LogP contribution in [0.25, 0.3) is 0 Å². The molecule has 6 aliphatic rings. The Hall–Kier alpha value is -6.70. The molecule has 2 aromatic rings. The number of likely N-dealkylation sites (tertiary alicyclic amines) is 1. The molecule has 6 fully saturated rings. The Balaban J connectivity index is 0.000000199. The van der Waals surface area contributed by atoms with Crippen molar-refractivity contribution >= 4 is 113 Å². The number of carbonyl (C=O) groups excluding carboxylic acids is 7. The highest BCUT2D eigenvalue weighted by molar-refractivity contribution is 7.84. The zero-order valence-electron chi connectivity index (χ0n) is 35.1. The highest BCUT2D eigenvalue weighted by Crippen LogP contribution is 2.40. The summed E-state index contributed by atoms with van der Waals surface area (Å²) < 4.78 is 69.8. The van der Waals surface area contributed by atoms with Crippen molar-refractivity contribution in [2.75, 3.05) is 44.3 Å². The number of anilines is 2. The van der Waals surface area contributed by atoms with Crippen molar-refractivity contribution in [2.24, 2.45) is 11.1 Å². The maximum absolute atomic E-state index is 13.0. The number of thiazole rings is 2. The molecule has 6 amide bonds. The van der Waals surface area contributed by atoms with E-state index in [0.717, 1.165) is 27.6 Å². The second-order valence-electron chi connectivity index (χ2n) is 15.5. The number of cyclic esters (lactones) is 1. The molecule has 4 aliphatic heterocycles. The number of nitrogens with two attached hydrogens (primary N) is 3. The molecule has 2 saturated carbocycles. The van der Waals surface area contributed by atoms with E-state index in [2.05, 4.69) is 36.5 Å². The number of nitrogen functional groups attached to an aromatic ring is 2. The number of aromatic nitrogens is 2. The van der Waals surface area contributed by atoms with Crippen molar-refractivity contribution in [2.45, 2.75) is 73.9 Å². The lowest BCUT2D eigenvalue weighted by Gasteiger charge is -2.45. The summed E-state index contributed by atoms with van der Waals surface area (Å²) >= 11 is 1.91. The Bertz CT molecular complexity index is 2720. The van der Waals surface area contributed by atoms with Gasteiger partial charge in [-0.05, 0) is 19.3 Å². The third-order valence-electron chi connectivity index (χ3n) is 10.9. The summed E-state index contributed by atoms with van der Waals surface area (Å²) in [7, 11) is -9.86. The van der Waals surface area contributed by atoms with Crippen LogP contribution in [0.3, 0.4) is 0 Å². The van der Waals surface area contributed by atoms with Crippen molar-refractivity contribution in [1.29, 1.82) is 0 Å². The van der Waals surface area contributed by atoms with Crippen LogP contribution >= 0.6 is 22.7 Å². The molecular formula is C33H40N12O20S4. The Morgan fingerprint density at radius 2 is 1.28 bits per heavy atom. The van der Waals surface area contributed by atoms with Gasteiger partial charge in [0.2, 0.25) is 11.5 Å². The van der Waals surface area contributed by atoms with E-state index in [1.807, 2.05) is 0 Å². The molecule has 8 rings (SSSR count). The zero-order chi connectivity index (χ0) is 51.0. The SMILES string of the molecule is NOC1(C(=O)O)CC1.Nc1nc(/C(=N/OC2(C(=O)O)CC2)C(=O)N[C@@H]2C(=O)N(S(=O)(=O)O)[C@@H]2CN2CCCC2=O)cs1.Nc1nc(C(=O)C(=O)N[C@@H]2C(=O)N(S(=O)(=O)O)[C@@H]2CN2CCOC2=O)cs1. The number of hydrogen-bond donors (Lipinski definition) is 9. The molecule has 4 atom stereocenters. The number of nitrogens with zero attached hydrogens (tertiary/aromatic N) is 7. The predicted molar refractivity (Wildman–Crippen MR) is 226 cm³/mol. The number of ether oxygens (including phenoxy) is 1. The van der Waals surface area contributed by atoms with Crippen molar-refractivity contribution in [3.63, 3.8) is 0 Å². The highest BCUT2D eigenvalue weighted by atomic mass is 32.2. The maximum atomic E-state index is 13.0. The van der Waals surface area contributed by atoms with Crippen molar-refractivity contribution < 1.29 is 93.7 Å². The van der Waals surface area contributed by atoms with Gasteiger partial charge in [-0.25, -0.2) is 38.9 Å². The topological polar surface area (TPSA) is 484 Å². The summed E-state index contributed by atoms with van der Waals surface area (Å²) in [6, 6.07) is -5.41. The number of carboxylic acid groups (broad SMARTS) is 2. The van der Waals surface area contributed by atoms with E-state index in [9.17, 15) is 74.2 Å². The second-order valence-corrected chi connectivity index (χ2v) is 19.8. The Morgan fingerprint density at radius 1 is 0.783 bits per heavy atom. The summed E-state index contributed by atoms with van der Waals surface area (Å²) in [4.78, 5) is 126. The fourth-order valence-electron chi connectivity index (χ4n) is 6.83. The monoisotopic (exact) mass is 1050 g/mol. The lowest BCUT2D eigenvalue weighted by Crippen LogP contribution is -2.74. The second kappa shape index (κ2) is 19.7. The highest BCUT2D eigenvalue weighted by Gasteiger charge is 2.58. The van der Waals surface area contributed by atoms with Crippen LogP contribution in [-0.2, 0) is 68.6 Å². The number of ketones is 1. The van der Waals surface area contributed by atoms with E-state index >= 15 is 0 Å². The number of Topliss-reactive ketones (excluding diaryl/α,β-unsaturated/α-hetero) is 1. The summed E-state index contributed by atoms with van der Waals surface area (Å²) in [6.45, 7) is -0.0106. The van der Waals surface area contributed by atoms with Gasteiger partial charge >= 0.3 is 38.6 Å². The van der Waals surface area contributed by atoms with E-state index in [1.165, 1.54) is 15.7 Å². The average Bonchev–Trinajstić information content (AvgIpc) is 4.02. The summed E-state index contributed by atoms with van der Waals surface area (Å²) in [5.41, 5.74) is 7.65. The van der Waals surface area contributed by atoms with Crippen molar-refractivity contribution in [3.8, 4) is 0 Å². The van der Waals surface area contributed by atoms with Gasteiger partial charge in [0.25, 0.3) is 29.4 Å². The molecule has 32 nitrogen and oxygen atoms in total. The standard InChI is InChI=1S/C17H20N6O9S2.C12H13N5O8S2.C4H7NO3/c18-16-19-8(7-33-16)11(21-32-17(3-4-17)15(27)28)13(25)20-12-9(6-22-5-1-2-10(22)24)23(14(12)26)34(29,30)31;13-11-14-5(4-26-11)8(18)9(19)15-7-6(3-16-1-2-25-12(16)21)17(10(7)20)27(22,23)24;5-8-4(1-2-4)3(6)7/h7,9,12H,1-6H2,(H2,18,19)(H,20,25)(H,27,28)(H,29,30,31);4,6-7H,1-3H2,(H2,13,14)(H,15,19)(H,22,23,24);1-2,5H2,(H,6,7)/b21-11-;;/t9-,12+;6-,7+;/m11./s1. The van der Waals surface area contributed by atoms with Gasteiger partial charge in [0.1, 0.15) is 30.1 Å². The first kappa shape index (κ1) is 51.7. The zero-order valence-corrected chi connectivity index (χ0v) is 38.3. The van der Waals surface area contributed by atoms with Crippen LogP contribution in [0.15, 0.2) is 15.9 Å². The molecule has 376 valence electrons. The number of aliphatic carboxylic acids is 2. The number of amides is 6. The van der Waals surface area contributed by atoms with E-state index in [4.69, 9.17) is 26.1 Å². The Morgan fingerprint density at radius 3 is 1.65 bits per heavy atom. The van der Waals surface area contributed by atoms with Gasteiger partial charge in [-0.1, -0.05) is 5.16 Å². The van der Waals surface area contributed by atoms with Gasteiger partial charge in [-0.15, -0.1) is 22.7 Å². The van der Waals surface area contributed by atoms with Crippen LogP contribution in [0.1, 0.15) is 54.7 Å². The summed E-state index contributed by atoms with van der Waals surface area (Å²) in [5, 5.41) is 28.4. The number of nitrogens with one attached hydrogen (secondary N) is 2. The Kier molecular flexibility index (Phi) is 14.8. The van der Waals surface area contributed by atoms with Crippen LogP contribution < -0.4 is 28.0 Å². The number of carbonyl (C=O) groups is 9. The molecule has 2 aliphatic carbocycles. The van der Waals surface area contributed by atoms with Gasteiger partial charge in [0.05, 0.1) is 18.6 Å². The normalized spacial score (nSPS) is 23.3. The number of carboxylic acids is 2. The predicted octanol–water partition coefficient (Wildman–Crippen LogP) is -4.46. The smallest absolute Gasteiger partial charge is 0.410 e. The molecule has 36 heteroatoms. The van der Waals surface area contributed by atoms with Crippen LogP contribution in [-0.4, -0.2) is 192 Å². The van der Waals surface area contributed by atoms with Crippen molar-refractivity contribution in [3.05, 3.63) is 22.1 Å². The molecule has 69 heavy (non-hydrogen) atoms. The number of hydrogen-bond acceptors (Lipinski definition) is 24. The largest absolute Gasteiger partial charge is 0.479 e. The molecule has 6 heterocycles. The van der Waals surface area contributed by atoms with E-state index in [1.54, 1.807) is 0 Å². The molecule has 0 aromatic carbocycles. The van der Waals surface area contributed by atoms with E-state index < -0.39 is 109 Å². The van der Waals surface area contributed by atoms with Gasteiger partial charge in [0, 0.05) is 49.7 Å². The van der Waals surface area contributed by atoms with Crippen LogP contribution in [0.2, 0.25) is 0 Å². The number of β-lactam (4-membered cyclic amide) rings is 2. The van der Waals surface area contributed by atoms with Crippen molar-refractivity contribution in [1.82, 2.24) is 39.0 Å². The first-order valence-electron chi connectivity index (χ1n) is 19.7. The minimum Gasteiger partial charge on any atom is -0.479 e. The lowest BCUT2D eigenvalue weighted by molar-refractivity contribution is -0.154. The van der Waals surface area contributed by atoms with Gasteiger partial charge in [-0.2, -0.15) is 16.8 Å². The molecule has 0 spiro atoms. The quantitative estimate of drug-likeness (QED) is 0.0180. The third kappa shape index (κ3) is 11.3. The summed E-state index contributed by atoms with van der Waals surface area (Å²) in [5.74, 6) is -3.34. The maximum Gasteiger partial charge on any atom is 0.410 e. The molecule has 0 bridgehead atoms. The third-order valence-corrected chi connectivity index (χ3v) is 14.1. The van der Waals surface area contributed by atoms with Crippen LogP contribution in [0.4, 0.5) is 15.1 Å². The Labute approximate surface area is 395 Å². The molecule has 0 unspecified atom stereocenters. The molecule has 0 radical (unpaired) electrons. The van der Waals surface area contributed by atoms with Gasteiger partial charge in [0.15, 0.2) is 21.6 Å². The minimum atomic E-state index is -4.95. The molecule has 12 N–H and O–H groups in total. The first-order chi connectivity index (χ1) is 32.2. The van der Waals surface area contributed by atoms with Gasteiger partial charge < -0.3 is 51.7 Å². The fourth-order valence-corrected chi connectivity index (χ4v) is 9.67. The van der Waals surface area contributed by atoms with Crippen LogP contribution in [0.5, 0.6) is 0 Å². The average molecular weight is 1050 g/mol. The molecule has 4 saturated heterocycles. The molecule has 2 aromatic heterocycles. The van der Waals surface area contributed by atoms with E-state index in [0.29, 0.717) is 25.8 Å². The minimum absolute atomic E-state index is 0.0501.